The number of aromatic nitrogens is 1. The van der Waals surface area contributed by atoms with Gasteiger partial charge in [-0.3, -0.25) is 4.79 Å². The van der Waals surface area contributed by atoms with E-state index in [0.29, 0.717) is 12.0 Å². The van der Waals surface area contributed by atoms with Crippen LogP contribution in [0.4, 0.5) is 10.8 Å². The van der Waals surface area contributed by atoms with E-state index in [1.54, 1.807) is 11.3 Å². The number of rotatable bonds is 1. The second kappa shape index (κ2) is 5.05. The van der Waals surface area contributed by atoms with Gasteiger partial charge in [0.2, 0.25) is 5.91 Å². The van der Waals surface area contributed by atoms with Crippen LogP contribution in [0.1, 0.15) is 33.9 Å². The number of anilines is 2. The average molecular weight is 340 g/mol. The molecule has 7 heteroatoms. The van der Waals surface area contributed by atoms with Crippen LogP contribution in [0.15, 0.2) is 17.5 Å². The highest BCUT2D eigenvalue weighted by Crippen LogP contribution is 2.48. The number of hydrogen-bond donors (Lipinski definition) is 2. The van der Waals surface area contributed by atoms with Gasteiger partial charge < -0.3 is 11.1 Å². The van der Waals surface area contributed by atoms with Gasteiger partial charge in [-0.05, 0) is 23.9 Å². The summed E-state index contributed by atoms with van der Waals surface area (Å²) in [4.78, 5) is 17.7. The Kier molecular flexibility index (Phi) is 3.11. The van der Waals surface area contributed by atoms with Crippen molar-refractivity contribution >= 4 is 49.6 Å². The summed E-state index contributed by atoms with van der Waals surface area (Å²) in [6.07, 6.45) is 0.403. The van der Waals surface area contributed by atoms with Crippen molar-refractivity contribution in [3.8, 4) is 6.07 Å². The maximum absolute atomic E-state index is 12.1. The number of hydrogen-bond acceptors (Lipinski definition) is 6. The number of nitriles is 1. The van der Waals surface area contributed by atoms with Crippen LogP contribution in [-0.4, -0.2) is 10.9 Å². The number of nitrogen functional groups attached to an aromatic ring is 1. The molecule has 0 saturated carbocycles. The lowest BCUT2D eigenvalue weighted by atomic mass is 9.91. The Morgan fingerprint density at radius 2 is 2.35 bits per heavy atom. The molecule has 0 fully saturated rings. The zero-order valence-electron chi connectivity index (χ0n) is 12.2. The number of nitrogens with zero attached hydrogens (tertiary/aromatic N) is 2. The highest BCUT2D eigenvalue weighted by Gasteiger charge is 2.32. The summed E-state index contributed by atoms with van der Waals surface area (Å²) in [5.74, 6) is 0.250. The van der Waals surface area contributed by atoms with E-state index in [4.69, 9.17) is 5.73 Å². The lowest BCUT2D eigenvalue weighted by Gasteiger charge is -2.21. The lowest BCUT2D eigenvalue weighted by Crippen LogP contribution is -2.21. The van der Waals surface area contributed by atoms with Crippen LogP contribution in [0, 0.1) is 18.3 Å². The number of nitrogens with one attached hydrogen (secondary N) is 1. The first-order valence-corrected chi connectivity index (χ1v) is 8.75. The Labute approximate surface area is 140 Å². The van der Waals surface area contributed by atoms with E-state index in [0.717, 1.165) is 31.2 Å². The molecule has 5 nitrogen and oxygen atoms in total. The molecular formula is C16H12N4OS2. The van der Waals surface area contributed by atoms with Crippen LogP contribution in [-0.2, 0) is 4.79 Å². The number of pyridine rings is 1. The first kappa shape index (κ1) is 14.2. The Morgan fingerprint density at radius 1 is 1.52 bits per heavy atom. The van der Waals surface area contributed by atoms with Gasteiger partial charge in [0.15, 0.2) is 0 Å². The van der Waals surface area contributed by atoms with E-state index in [9.17, 15) is 10.1 Å². The monoisotopic (exact) mass is 340 g/mol. The van der Waals surface area contributed by atoms with Crippen LogP contribution >= 0.6 is 22.7 Å². The zero-order valence-corrected chi connectivity index (χ0v) is 13.8. The molecule has 0 spiro atoms. The maximum atomic E-state index is 12.1. The quantitative estimate of drug-likeness (QED) is 0.708. The van der Waals surface area contributed by atoms with Gasteiger partial charge in [-0.2, -0.15) is 5.26 Å². The summed E-state index contributed by atoms with van der Waals surface area (Å²) in [5, 5.41) is 15.0. The van der Waals surface area contributed by atoms with Crippen molar-refractivity contribution in [1.82, 2.24) is 4.98 Å². The number of amides is 1. The zero-order chi connectivity index (χ0) is 16.1. The van der Waals surface area contributed by atoms with Gasteiger partial charge in [-0.25, -0.2) is 4.98 Å². The Balaban J connectivity index is 2.05. The van der Waals surface area contributed by atoms with Crippen molar-refractivity contribution < 1.29 is 4.79 Å². The molecule has 1 aliphatic heterocycles. The third kappa shape index (κ3) is 2.03. The van der Waals surface area contributed by atoms with E-state index in [1.165, 1.54) is 11.3 Å². The van der Waals surface area contributed by atoms with Crippen molar-refractivity contribution in [2.45, 2.75) is 19.3 Å². The first-order chi connectivity index (χ1) is 11.1. The van der Waals surface area contributed by atoms with Crippen molar-refractivity contribution in [1.29, 1.82) is 5.26 Å². The molecule has 1 aliphatic rings. The first-order valence-electron chi connectivity index (χ1n) is 7.06. The molecule has 3 N–H and O–H groups in total. The summed E-state index contributed by atoms with van der Waals surface area (Å²) >= 11 is 3.11. The standard InChI is InChI=1S/C16H12N4OS2/c1-7-9(6-17)15(18)20-13-12-8(10-3-2-4-22-10)5-11(21)19-16(12)23-14(7)13/h2-4,8H,5H2,1H3,(H2,18,20)(H,19,21)/t8-/m0/s1. The van der Waals surface area contributed by atoms with Gasteiger partial charge in [0.25, 0.3) is 0 Å². The minimum atomic E-state index is -0.00765. The van der Waals surface area contributed by atoms with E-state index in [-0.39, 0.29) is 17.6 Å². The molecule has 4 heterocycles. The molecule has 0 bridgehead atoms. The normalized spacial score (nSPS) is 16.9. The van der Waals surface area contributed by atoms with Gasteiger partial charge in [-0.15, -0.1) is 22.7 Å². The second-order valence-electron chi connectivity index (χ2n) is 5.45. The summed E-state index contributed by atoms with van der Waals surface area (Å²) in [6, 6.07) is 6.15. The fraction of sp³-hybridized carbons (Fsp3) is 0.188. The number of carbonyl (C=O) groups is 1. The van der Waals surface area contributed by atoms with Crippen LogP contribution in [0.5, 0.6) is 0 Å². The lowest BCUT2D eigenvalue weighted by molar-refractivity contribution is -0.116. The molecule has 1 amide bonds. The molecule has 0 unspecified atom stereocenters. The highest BCUT2D eigenvalue weighted by atomic mass is 32.1. The van der Waals surface area contributed by atoms with Crippen LogP contribution in [0.2, 0.25) is 0 Å². The molecule has 0 aliphatic carbocycles. The van der Waals surface area contributed by atoms with Crippen LogP contribution in [0.3, 0.4) is 0 Å². The van der Waals surface area contributed by atoms with E-state index < -0.39 is 0 Å². The third-order valence-electron chi connectivity index (χ3n) is 4.11. The topological polar surface area (TPSA) is 91.8 Å². The Morgan fingerprint density at radius 3 is 3.04 bits per heavy atom. The minimum Gasteiger partial charge on any atom is -0.383 e. The number of aryl methyl sites for hydroxylation is 1. The smallest absolute Gasteiger partial charge is 0.225 e. The molecule has 23 heavy (non-hydrogen) atoms. The second-order valence-corrected chi connectivity index (χ2v) is 7.45. The van der Waals surface area contributed by atoms with E-state index in [1.807, 2.05) is 24.4 Å². The molecule has 3 aromatic rings. The number of fused-ring (bicyclic) bond motifs is 3. The molecular weight excluding hydrogens is 328 g/mol. The number of thiophene rings is 2. The Bertz CT molecular complexity index is 982. The Hall–Kier alpha value is -2.43. The maximum Gasteiger partial charge on any atom is 0.225 e. The van der Waals surface area contributed by atoms with Gasteiger partial charge in [0, 0.05) is 22.8 Å². The highest BCUT2D eigenvalue weighted by molar-refractivity contribution is 7.23. The van der Waals surface area contributed by atoms with Crippen molar-refractivity contribution in [2.24, 2.45) is 0 Å². The summed E-state index contributed by atoms with van der Waals surface area (Å²) in [7, 11) is 0. The number of nitrogens with two attached hydrogens (primary N) is 1. The van der Waals surface area contributed by atoms with E-state index in [2.05, 4.69) is 16.4 Å². The molecule has 4 rings (SSSR count). The molecule has 0 aromatic carbocycles. The number of carbonyl (C=O) groups excluding carboxylic acids is 1. The van der Waals surface area contributed by atoms with Gasteiger partial charge in [0.05, 0.1) is 15.8 Å². The third-order valence-corrected chi connectivity index (χ3v) is 6.33. The van der Waals surface area contributed by atoms with Crippen molar-refractivity contribution in [3.05, 3.63) is 39.1 Å². The van der Waals surface area contributed by atoms with Crippen LogP contribution in [0.25, 0.3) is 10.2 Å². The summed E-state index contributed by atoms with van der Waals surface area (Å²) < 4.78 is 0.921. The summed E-state index contributed by atoms with van der Waals surface area (Å²) in [6.45, 7) is 1.88. The largest absolute Gasteiger partial charge is 0.383 e. The fourth-order valence-corrected chi connectivity index (χ4v) is 5.10. The SMILES string of the molecule is Cc1c(C#N)c(N)nc2c3c(sc12)NC(=O)C[C@H]3c1cccs1. The van der Waals surface area contributed by atoms with Gasteiger partial charge in [0.1, 0.15) is 16.9 Å². The predicted octanol–water partition coefficient (Wildman–Crippen LogP) is 3.59. The van der Waals surface area contributed by atoms with Gasteiger partial charge >= 0.3 is 0 Å². The molecule has 0 saturated heterocycles. The molecule has 1 atom stereocenters. The van der Waals surface area contributed by atoms with Gasteiger partial charge in [-0.1, -0.05) is 6.07 Å². The summed E-state index contributed by atoms with van der Waals surface area (Å²) in [5.41, 5.74) is 9.03. The fourth-order valence-electron chi connectivity index (χ4n) is 3.04. The van der Waals surface area contributed by atoms with E-state index >= 15 is 0 Å². The minimum absolute atomic E-state index is 0.00765. The van der Waals surface area contributed by atoms with Crippen LogP contribution < -0.4 is 11.1 Å². The molecule has 0 radical (unpaired) electrons. The van der Waals surface area contributed by atoms with Crippen molar-refractivity contribution in [3.63, 3.8) is 0 Å². The predicted molar refractivity (Wildman–Crippen MR) is 92.9 cm³/mol. The average Bonchev–Trinajstić information content (AvgIpc) is 3.14. The molecule has 114 valence electrons. The van der Waals surface area contributed by atoms with Crippen molar-refractivity contribution in [2.75, 3.05) is 11.1 Å². The molecule has 3 aromatic heterocycles.